The number of amides is 11. The van der Waals surface area contributed by atoms with Gasteiger partial charge >= 0.3 is 11.9 Å². The number of guanidine groups is 2. The molecule has 562 valence electrons. The number of phenolic OH excluding ortho intramolecular Hbond substituents is 1. The van der Waals surface area contributed by atoms with Crippen LogP contribution in [0.5, 0.6) is 5.75 Å². The number of benzene rings is 1. The van der Waals surface area contributed by atoms with Crippen LogP contribution >= 0.6 is 0 Å². The molecule has 26 N–H and O–H groups in total. The lowest BCUT2D eigenvalue weighted by molar-refractivity contribution is -0.145. The Morgan fingerprint density at radius 1 is 0.550 bits per heavy atom. The number of nitrogens with one attached hydrogen (secondary N) is 9. The van der Waals surface area contributed by atoms with Gasteiger partial charge in [-0.05, 0) is 146 Å². The molecule has 0 radical (unpaired) electrons. The third-order valence-corrected chi connectivity index (χ3v) is 16.7. The van der Waals surface area contributed by atoms with E-state index in [0.29, 0.717) is 69.9 Å². The monoisotopic (exact) mass is 1410 g/mol. The number of hydrogen-bond acceptors (Lipinski definition) is 18. The molecule has 11 amide bonds. The van der Waals surface area contributed by atoms with Crippen molar-refractivity contribution in [3.05, 3.63) is 29.8 Å². The molecule has 0 aliphatic carbocycles. The number of phenols is 1. The Morgan fingerprint density at radius 3 is 1.48 bits per heavy atom. The van der Waals surface area contributed by atoms with Crippen molar-refractivity contribution in [3.8, 4) is 5.75 Å². The average molecular weight is 1410 g/mol. The Hall–Kier alpha value is -9.41. The number of carboxylic acid groups (broad SMARTS) is 2. The number of carbonyl (C=O) groups excluding carboxylic acids is 11. The second kappa shape index (κ2) is 46.8. The van der Waals surface area contributed by atoms with Gasteiger partial charge in [-0.15, -0.1) is 0 Å². The van der Waals surface area contributed by atoms with Gasteiger partial charge in [-0.25, -0.2) is 0 Å². The highest BCUT2D eigenvalue weighted by Crippen LogP contribution is 2.19. The number of primary amides is 1. The lowest BCUT2D eigenvalue weighted by atomic mass is 9.95. The van der Waals surface area contributed by atoms with E-state index in [1.54, 1.807) is 20.8 Å². The summed E-state index contributed by atoms with van der Waals surface area (Å²) in [5.41, 5.74) is 39.7. The molecule has 11 atom stereocenters. The second-order valence-electron chi connectivity index (χ2n) is 25.5. The standard InChI is InChI=1S/C65H111N19O16/c1-6-38(4)53-63(100)84(34-14-8-7-9-21-50(86)75-43(60(97)83-53)19-15-32-73-64(69)70)39(5)55(92)77-45(20-16-33-74-65(71)72)57(94)81-48(35-37(2)3)61(98)80-47(27-29-52(89)90)59(96)79-46(26-28-51(87)88)58(95)78-44(18-11-13-31-67)56(93)82-49(36-40-22-24-41(85)25-23-40)62(99)76-42(54(68)91)17-10-12-30-66/h22-25,37-39,42-49,53,85H,6-21,26-36,66-67H2,1-5H3,(H2,68,91)(H,75,86)(H,76,99)(H,77,92)(H,78,95)(H,79,96)(H,80,98)(H,81,94)(H,82,93)(H,83,97)(H,87,88)(H,89,90)(H4,69,70,73)(H4,71,72,74)/t38?,39-,42-,43-,44-,45-,46-,47-,48-,49-,53?/m0/s1. The number of aliphatic carboxylic acids is 2. The lowest BCUT2D eigenvalue weighted by Gasteiger charge is -2.35. The number of unbranched alkanes of at least 4 members (excludes halogenated alkanes) is 2. The van der Waals surface area contributed by atoms with Crippen molar-refractivity contribution < 1.29 is 77.6 Å². The van der Waals surface area contributed by atoms with Gasteiger partial charge in [0.05, 0.1) is 0 Å². The van der Waals surface area contributed by atoms with E-state index in [1.165, 1.54) is 36.1 Å². The second-order valence-corrected chi connectivity index (χ2v) is 25.5. The van der Waals surface area contributed by atoms with Crippen LogP contribution in [-0.4, -0.2) is 202 Å². The molecule has 1 aromatic rings. The van der Waals surface area contributed by atoms with Gasteiger partial charge < -0.3 is 108 Å². The molecule has 35 heteroatoms. The summed E-state index contributed by atoms with van der Waals surface area (Å²) in [6.07, 6.45) is 1.37. The number of aromatic hydroxyl groups is 1. The molecule has 1 heterocycles. The van der Waals surface area contributed by atoms with Crippen LogP contribution in [0, 0.1) is 11.8 Å². The first-order valence-corrected chi connectivity index (χ1v) is 34.4. The third-order valence-electron chi connectivity index (χ3n) is 16.7. The van der Waals surface area contributed by atoms with E-state index in [1.807, 2.05) is 6.92 Å². The minimum atomic E-state index is -1.79. The van der Waals surface area contributed by atoms with Gasteiger partial charge in [-0.2, -0.15) is 0 Å². The summed E-state index contributed by atoms with van der Waals surface area (Å²) in [5, 5.41) is 53.2. The van der Waals surface area contributed by atoms with Gasteiger partial charge in [-0.3, -0.25) is 72.3 Å². The van der Waals surface area contributed by atoms with Crippen molar-refractivity contribution in [2.45, 2.75) is 236 Å². The summed E-state index contributed by atoms with van der Waals surface area (Å²) in [5.74, 6) is -13.5. The molecule has 2 unspecified atom stereocenters. The molecular formula is C65H111N19O16. The molecule has 1 saturated heterocycles. The van der Waals surface area contributed by atoms with Crippen molar-refractivity contribution in [1.29, 1.82) is 0 Å². The minimum absolute atomic E-state index is 0.0179. The summed E-state index contributed by atoms with van der Waals surface area (Å²) < 4.78 is 0. The predicted octanol–water partition coefficient (Wildman–Crippen LogP) is -2.85. The fourth-order valence-electron chi connectivity index (χ4n) is 10.8. The first kappa shape index (κ1) is 86.7. The predicted molar refractivity (Wildman–Crippen MR) is 371 cm³/mol. The number of nitrogens with zero attached hydrogens (tertiary/aromatic N) is 3. The van der Waals surface area contributed by atoms with Crippen molar-refractivity contribution >= 4 is 88.8 Å². The molecule has 0 aromatic heterocycles. The maximum atomic E-state index is 14.9. The summed E-state index contributed by atoms with van der Waals surface area (Å²) in [7, 11) is 0. The zero-order valence-electron chi connectivity index (χ0n) is 58.4. The van der Waals surface area contributed by atoms with E-state index < -0.39 is 163 Å². The van der Waals surface area contributed by atoms with Crippen LogP contribution in [0.2, 0.25) is 0 Å². The van der Waals surface area contributed by atoms with Crippen LogP contribution in [0.3, 0.4) is 0 Å². The quantitative estimate of drug-likeness (QED) is 0.0178. The van der Waals surface area contributed by atoms with Crippen LogP contribution in [0.1, 0.15) is 175 Å². The number of carboxylic acids is 2. The number of carbonyl (C=O) groups is 13. The molecular weight excluding hydrogens is 1300 g/mol. The van der Waals surface area contributed by atoms with E-state index >= 15 is 0 Å². The molecule has 100 heavy (non-hydrogen) atoms. The Bertz CT molecular complexity index is 2910. The normalized spacial score (nSPS) is 17.2. The molecule has 1 aliphatic heterocycles. The highest BCUT2D eigenvalue weighted by Gasteiger charge is 2.39. The molecule has 1 fully saturated rings. The van der Waals surface area contributed by atoms with Crippen LogP contribution in [0.4, 0.5) is 0 Å². The van der Waals surface area contributed by atoms with E-state index in [4.69, 9.17) is 40.1 Å². The van der Waals surface area contributed by atoms with Gasteiger partial charge in [0.15, 0.2) is 11.9 Å². The van der Waals surface area contributed by atoms with Gasteiger partial charge in [0.2, 0.25) is 65.0 Å². The maximum absolute atomic E-state index is 14.9. The summed E-state index contributed by atoms with van der Waals surface area (Å²) in [4.78, 5) is 189. The smallest absolute Gasteiger partial charge is 0.303 e. The largest absolute Gasteiger partial charge is 0.508 e. The molecule has 0 bridgehead atoms. The van der Waals surface area contributed by atoms with Crippen molar-refractivity contribution in [1.82, 2.24) is 52.8 Å². The maximum Gasteiger partial charge on any atom is 0.303 e. The first-order chi connectivity index (χ1) is 47.3. The third kappa shape index (κ3) is 33.9. The molecule has 35 nitrogen and oxygen atoms in total. The molecule has 0 saturated carbocycles. The van der Waals surface area contributed by atoms with Crippen LogP contribution < -0.4 is 88.0 Å². The average Bonchev–Trinajstić information content (AvgIpc) is 0.833. The van der Waals surface area contributed by atoms with E-state index in [-0.39, 0.29) is 113 Å². The summed E-state index contributed by atoms with van der Waals surface area (Å²) >= 11 is 0. The van der Waals surface area contributed by atoms with Gasteiger partial charge in [0, 0.05) is 45.3 Å². The van der Waals surface area contributed by atoms with Gasteiger partial charge in [-0.1, -0.05) is 59.1 Å². The zero-order valence-corrected chi connectivity index (χ0v) is 58.4. The van der Waals surface area contributed by atoms with Crippen molar-refractivity contribution in [2.24, 2.45) is 62.0 Å². The molecule has 2 rings (SSSR count). The number of hydrogen-bond donors (Lipinski definition) is 19. The van der Waals surface area contributed by atoms with Gasteiger partial charge in [0.1, 0.15) is 66.2 Å². The van der Waals surface area contributed by atoms with Crippen LogP contribution in [0.25, 0.3) is 0 Å². The first-order valence-electron chi connectivity index (χ1n) is 34.4. The SMILES string of the molecule is CCC(C)C1NC(=O)[C@H](CCCN=C(N)N)NC(=O)CCCCCCN([C@@H](C)C(=O)N[C@@H](CCCN=C(N)N)C(=O)N[C@@H](CC(C)C)C(=O)N[C@@H](CCC(=O)O)C(=O)N[C@@H](CCC(=O)O)C(=O)N[C@@H](CCCCN)C(=O)N[C@@H](Cc2ccc(O)cc2)C(=O)N[C@@H](CCCCN)C(N)=O)C1=O. The van der Waals surface area contributed by atoms with Crippen LogP contribution in [-0.2, 0) is 68.7 Å². The van der Waals surface area contributed by atoms with E-state index in [2.05, 4.69) is 57.8 Å². The number of aliphatic imine (C=N–C) groups is 2. The Kier molecular flexibility index (Phi) is 40.6. The van der Waals surface area contributed by atoms with Crippen LogP contribution in [0.15, 0.2) is 34.3 Å². The van der Waals surface area contributed by atoms with E-state index in [9.17, 15) is 77.6 Å². The summed E-state index contributed by atoms with van der Waals surface area (Å²) in [6.45, 7) is 9.07. The zero-order chi connectivity index (χ0) is 75.0. The Morgan fingerprint density at radius 2 is 0.990 bits per heavy atom. The molecule has 0 spiro atoms. The Balaban J connectivity index is 2.60. The van der Waals surface area contributed by atoms with Crippen molar-refractivity contribution in [3.63, 3.8) is 0 Å². The molecule has 1 aliphatic rings. The number of rotatable bonds is 44. The van der Waals surface area contributed by atoms with Gasteiger partial charge in [0.25, 0.3) is 0 Å². The number of nitrogens with two attached hydrogens (primary N) is 7. The van der Waals surface area contributed by atoms with E-state index in [0.717, 1.165) is 0 Å². The highest BCUT2D eigenvalue weighted by atomic mass is 16.4. The minimum Gasteiger partial charge on any atom is -0.508 e. The summed E-state index contributed by atoms with van der Waals surface area (Å²) in [6, 6.07) is -8.48. The van der Waals surface area contributed by atoms with Crippen molar-refractivity contribution in [2.75, 3.05) is 32.7 Å². The fourth-order valence-corrected chi connectivity index (χ4v) is 10.8. The fraction of sp³-hybridized carbons (Fsp3) is 0.677. The molecule has 1 aromatic carbocycles. The topological polar surface area (TPSA) is 601 Å². The highest BCUT2D eigenvalue weighted by molar-refractivity contribution is 5.99. The lowest BCUT2D eigenvalue weighted by Crippen LogP contribution is -2.61. The Labute approximate surface area is 583 Å².